The molecule has 0 unspecified atom stereocenters. The van der Waals surface area contributed by atoms with Crippen LogP contribution in [0.25, 0.3) is 21.8 Å². The highest BCUT2D eigenvalue weighted by Crippen LogP contribution is 2.22. The standard InChI is InChI=1S/C22H20ClN5O2/c23-15-5-7-16(8-6-15)26-9-11-27(12-10-26)20(29)14-28-22(30)21-18(13-24-28)17-3-1-2-4-19(17)25-21/h1-8,13,25H,9-12,14H2. The number of benzene rings is 2. The number of fused-ring (bicyclic) bond motifs is 3. The normalized spacial score (nSPS) is 14.6. The number of hydrogen-bond acceptors (Lipinski definition) is 4. The number of aromatic amines is 1. The Hall–Kier alpha value is -3.32. The zero-order valence-electron chi connectivity index (χ0n) is 16.2. The minimum atomic E-state index is -0.281. The first-order valence-corrected chi connectivity index (χ1v) is 10.2. The lowest BCUT2D eigenvalue weighted by Gasteiger charge is -2.36. The van der Waals surface area contributed by atoms with Crippen LogP contribution in [0.15, 0.2) is 59.5 Å². The minimum Gasteiger partial charge on any atom is -0.368 e. The molecule has 1 saturated heterocycles. The molecular formula is C22H20ClN5O2. The van der Waals surface area contributed by atoms with Gasteiger partial charge in [-0.2, -0.15) is 5.10 Å². The first kappa shape index (κ1) is 18.7. The highest BCUT2D eigenvalue weighted by atomic mass is 35.5. The summed E-state index contributed by atoms with van der Waals surface area (Å²) in [6.45, 7) is 2.61. The van der Waals surface area contributed by atoms with E-state index < -0.39 is 0 Å². The van der Waals surface area contributed by atoms with Crippen LogP contribution in [0.1, 0.15) is 0 Å². The van der Waals surface area contributed by atoms with E-state index in [0.29, 0.717) is 23.6 Å². The van der Waals surface area contributed by atoms with Crippen LogP contribution in [0.4, 0.5) is 5.69 Å². The molecule has 1 N–H and O–H groups in total. The largest absolute Gasteiger partial charge is 0.368 e. The number of carbonyl (C=O) groups excluding carboxylic acids is 1. The average Bonchev–Trinajstić information content (AvgIpc) is 3.16. The van der Waals surface area contributed by atoms with Crippen LogP contribution in [0.3, 0.4) is 0 Å². The number of carbonyl (C=O) groups is 1. The Bertz CT molecular complexity index is 1290. The fourth-order valence-corrected chi connectivity index (χ4v) is 4.11. The summed E-state index contributed by atoms with van der Waals surface area (Å²) in [6.07, 6.45) is 1.65. The van der Waals surface area contributed by atoms with Crippen molar-refractivity contribution >= 4 is 45.0 Å². The molecule has 152 valence electrons. The molecule has 0 saturated carbocycles. The minimum absolute atomic E-state index is 0.0644. The topological polar surface area (TPSA) is 74.2 Å². The van der Waals surface area contributed by atoms with E-state index in [1.54, 1.807) is 11.1 Å². The smallest absolute Gasteiger partial charge is 0.291 e. The van der Waals surface area contributed by atoms with Gasteiger partial charge in [0.15, 0.2) is 0 Å². The predicted molar refractivity (Wildman–Crippen MR) is 118 cm³/mol. The van der Waals surface area contributed by atoms with Crippen LogP contribution in [0.2, 0.25) is 5.02 Å². The van der Waals surface area contributed by atoms with E-state index in [1.807, 2.05) is 48.5 Å². The third-order valence-corrected chi connectivity index (χ3v) is 5.88. The van der Waals surface area contributed by atoms with Crippen LogP contribution in [0, 0.1) is 0 Å². The number of aromatic nitrogens is 3. The molecule has 0 aliphatic carbocycles. The Morgan fingerprint density at radius 3 is 2.50 bits per heavy atom. The molecule has 4 aromatic rings. The number of para-hydroxylation sites is 1. The zero-order chi connectivity index (χ0) is 20.7. The molecule has 2 aromatic heterocycles. The first-order chi connectivity index (χ1) is 14.6. The molecular weight excluding hydrogens is 402 g/mol. The van der Waals surface area contributed by atoms with E-state index in [4.69, 9.17) is 11.6 Å². The van der Waals surface area contributed by atoms with Gasteiger partial charge in [0.05, 0.1) is 6.20 Å². The molecule has 3 heterocycles. The number of amides is 1. The van der Waals surface area contributed by atoms with Gasteiger partial charge in [0, 0.05) is 53.2 Å². The highest BCUT2D eigenvalue weighted by Gasteiger charge is 2.22. The molecule has 0 radical (unpaired) electrons. The molecule has 5 rings (SSSR count). The lowest BCUT2D eigenvalue weighted by atomic mass is 10.2. The maximum atomic E-state index is 12.9. The van der Waals surface area contributed by atoms with E-state index in [1.165, 1.54) is 4.68 Å². The molecule has 8 heteroatoms. The summed E-state index contributed by atoms with van der Waals surface area (Å²) in [4.78, 5) is 32.8. The second-order valence-corrected chi connectivity index (χ2v) is 7.85. The molecule has 0 atom stereocenters. The van der Waals surface area contributed by atoms with Crippen molar-refractivity contribution in [2.75, 3.05) is 31.1 Å². The number of nitrogens with zero attached hydrogens (tertiary/aromatic N) is 4. The number of rotatable bonds is 3. The van der Waals surface area contributed by atoms with Crippen molar-refractivity contribution in [1.82, 2.24) is 19.7 Å². The monoisotopic (exact) mass is 421 g/mol. The van der Waals surface area contributed by atoms with Gasteiger partial charge in [-0.3, -0.25) is 9.59 Å². The van der Waals surface area contributed by atoms with E-state index >= 15 is 0 Å². The number of H-pyrrole nitrogens is 1. The number of anilines is 1. The number of halogens is 1. The van der Waals surface area contributed by atoms with Crippen molar-refractivity contribution in [2.45, 2.75) is 6.54 Å². The second kappa shape index (κ2) is 7.50. The van der Waals surface area contributed by atoms with Gasteiger partial charge in [-0.15, -0.1) is 0 Å². The third-order valence-electron chi connectivity index (χ3n) is 5.63. The van der Waals surface area contributed by atoms with Crippen LogP contribution in [-0.4, -0.2) is 51.8 Å². The van der Waals surface area contributed by atoms with Crippen molar-refractivity contribution in [3.05, 3.63) is 70.1 Å². The van der Waals surface area contributed by atoms with Crippen molar-refractivity contribution in [2.24, 2.45) is 0 Å². The van der Waals surface area contributed by atoms with Crippen LogP contribution in [0.5, 0.6) is 0 Å². The van der Waals surface area contributed by atoms with E-state index in [-0.39, 0.29) is 18.0 Å². The lowest BCUT2D eigenvalue weighted by molar-refractivity contribution is -0.132. The first-order valence-electron chi connectivity index (χ1n) is 9.85. The maximum absolute atomic E-state index is 12.9. The summed E-state index contributed by atoms with van der Waals surface area (Å²) < 4.78 is 1.24. The number of piperazine rings is 1. The van der Waals surface area contributed by atoms with Gasteiger partial charge < -0.3 is 14.8 Å². The summed E-state index contributed by atoms with van der Waals surface area (Å²) >= 11 is 5.96. The van der Waals surface area contributed by atoms with E-state index in [0.717, 1.165) is 35.1 Å². The molecule has 1 fully saturated rings. The Kier molecular flexibility index (Phi) is 4.67. The molecule has 7 nitrogen and oxygen atoms in total. The summed E-state index contributed by atoms with van der Waals surface area (Å²) in [7, 11) is 0. The van der Waals surface area contributed by atoms with Crippen molar-refractivity contribution in [1.29, 1.82) is 0 Å². The quantitative estimate of drug-likeness (QED) is 0.552. The summed E-state index contributed by atoms with van der Waals surface area (Å²) in [5.41, 5.74) is 2.17. The van der Waals surface area contributed by atoms with Gasteiger partial charge >= 0.3 is 0 Å². The fraction of sp³-hybridized carbons (Fsp3) is 0.227. The van der Waals surface area contributed by atoms with Crippen molar-refractivity contribution in [3.8, 4) is 0 Å². The van der Waals surface area contributed by atoms with Gasteiger partial charge in [0.25, 0.3) is 5.56 Å². The van der Waals surface area contributed by atoms with Gasteiger partial charge in [-0.05, 0) is 30.3 Å². The van der Waals surface area contributed by atoms with Gasteiger partial charge in [-0.25, -0.2) is 4.68 Å². The van der Waals surface area contributed by atoms with Gasteiger partial charge in [-0.1, -0.05) is 29.8 Å². The second-order valence-electron chi connectivity index (χ2n) is 7.41. The molecule has 0 spiro atoms. The van der Waals surface area contributed by atoms with Gasteiger partial charge in [0.1, 0.15) is 12.1 Å². The maximum Gasteiger partial charge on any atom is 0.291 e. The third kappa shape index (κ3) is 3.31. The highest BCUT2D eigenvalue weighted by molar-refractivity contribution is 6.30. The summed E-state index contributed by atoms with van der Waals surface area (Å²) in [6, 6.07) is 15.4. The average molecular weight is 422 g/mol. The van der Waals surface area contributed by atoms with E-state index in [9.17, 15) is 9.59 Å². The number of hydrogen-bond donors (Lipinski definition) is 1. The summed E-state index contributed by atoms with van der Waals surface area (Å²) in [5, 5.41) is 6.68. The molecule has 0 bridgehead atoms. The Labute approximate surface area is 177 Å². The Balaban J connectivity index is 1.30. The van der Waals surface area contributed by atoms with Crippen molar-refractivity contribution in [3.63, 3.8) is 0 Å². The fourth-order valence-electron chi connectivity index (χ4n) is 3.98. The Morgan fingerprint density at radius 1 is 1.00 bits per heavy atom. The summed E-state index contributed by atoms with van der Waals surface area (Å²) in [5.74, 6) is -0.101. The van der Waals surface area contributed by atoms with Crippen LogP contribution < -0.4 is 10.5 Å². The Morgan fingerprint density at radius 2 is 1.73 bits per heavy atom. The van der Waals surface area contributed by atoms with Crippen LogP contribution in [-0.2, 0) is 11.3 Å². The molecule has 2 aromatic carbocycles. The van der Waals surface area contributed by atoms with Gasteiger partial charge in [0.2, 0.25) is 5.91 Å². The number of nitrogens with one attached hydrogen (secondary N) is 1. The lowest BCUT2D eigenvalue weighted by Crippen LogP contribution is -2.50. The predicted octanol–water partition coefficient (Wildman–Crippen LogP) is 2.88. The zero-order valence-corrected chi connectivity index (χ0v) is 17.0. The van der Waals surface area contributed by atoms with Crippen LogP contribution >= 0.6 is 11.6 Å². The van der Waals surface area contributed by atoms with E-state index in [2.05, 4.69) is 15.0 Å². The molecule has 30 heavy (non-hydrogen) atoms. The van der Waals surface area contributed by atoms with Crippen molar-refractivity contribution < 1.29 is 4.79 Å². The SMILES string of the molecule is O=C(Cn1ncc2c([nH]c3ccccc32)c1=O)N1CCN(c2ccc(Cl)cc2)CC1. The molecule has 1 aliphatic heterocycles. The molecule has 1 aliphatic rings. The molecule has 1 amide bonds.